The first-order chi connectivity index (χ1) is 9.54. The van der Waals surface area contributed by atoms with E-state index in [9.17, 15) is 9.59 Å². The van der Waals surface area contributed by atoms with Gasteiger partial charge in [0, 0.05) is 11.4 Å². The average Bonchev–Trinajstić information content (AvgIpc) is 2.41. The Morgan fingerprint density at radius 2 is 1.55 bits per heavy atom. The maximum Gasteiger partial charge on any atom is 0.316 e. The zero-order valence-corrected chi connectivity index (χ0v) is 10.5. The number of primary amides is 1. The molecule has 7 nitrogen and oxygen atoms in total. The fourth-order valence-corrected chi connectivity index (χ4v) is 1.51. The van der Waals surface area contributed by atoms with Crippen molar-refractivity contribution in [3.63, 3.8) is 0 Å². The quantitative estimate of drug-likeness (QED) is 0.673. The Balaban J connectivity index is 2.04. The third-order valence-corrected chi connectivity index (χ3v) is 2.43. The predicted octanol–water partition coefficient (Wildman–Crippen LogP) is 1.41. The zero-order valence-electron chi connectivity index (χ0n) is 10.5. The fraction of sp³-hybridized carbons (Fsp3) is 0. The molecule has 2 aromatic rings. The molecule has 0 atom stereocenters. The molecule has 0 saturated heterocycles. The summed E-state index contributed by atoms with van der Waals surface area (Å²) >= 11 is 0. The maximum atomic E-state index is 11.9. The number of aromatic nitrogens is 1. The molecule has 1 heterocycles. The van der Waals surface area contributed by atoms with E-state index in [1.807, 2.05) is 0 Å². The van der Waals surface area contributed by atoms with Crippen molar-refractivity contribution in [2.24, 2.45) is 5.73 Å². The number of carbonyl (C=O) groups excluding carboxylic acids is 2. The lowest BCUT2D eigenvalue weighted by atomic mass is 10.2. The molecule has 0 radical (unpaired) electrons. The van der Waals surface area contributed by atoms with Gasteiger partial charge in [0.25, 0.3) is 5.91 Å². The lowest BCUT2D eigenvalue weighted by molar-refractivity contribution is 0.102. The van der Waals surface area contributed by atoms with Crippen LogP contribution in [-0.4, -0.2) is 16.9 Å². The van der Waals surface area contributed by atoms with Crippen molar-refractivity contribution in [1.29, 1.82) is 0 Å². The molecule has 102 valence electrons. The van der Waals surface area contributed by atoms with E-state index in [0.29, 0.717) is 17.1 Å². The Morgan fingerprint density at radius 3 is 2.05 bits per heavy atom. The highest BCUT2D eigenvalue weighted by atomic mass is 16.2. The Labute approximate surface area is 115 Å². The van der Waals surface area contributed by atoms with E-state index in [1.165, 1.54) is 12.3 Å². The number of hydrogen-bond acceptors (Lipinski definition) is 4. The summed E-state index contributed by atoms with van der Waals surface area (Å²) in [5.41, 5.74) is 12.4. The summed E-state index contributed by atoms with van der Waals surface area (Å²) in [5.74, 6) is -0.347. The average molecular weight is 271 g/mol. The molecule has 0 saturated carbocycles. The van der Waals surface area contributed by atoms with Gasteiger partial charge in [0.1, 0.15) is 5.69 Å². The highest BCUT2D eigenvalue weighted by Gasteiger charge is 2.07. The molecule has 1 aromatic heterocycles. The Morgan fingerprint density at radius 1 is 0.950 bits per heavy atom. The number of rotatable bonds is 3. The number of hydrogen-bond donors (Lipinski definition) is 4. The molecule has 0 aliphatic rings. The number of carbonyl (C=O) groups is 2. The van der Waals surface area contributed by atoms with Gasteiger partial charge in [0.05, 0.1) is 11.9 Å². The van der Waals surface area contributed by atoms with Crippen LogP contribution >= 0.6 is 0 Å². The van der Waals surface area contributed by atoms with Gasteiger partial charge in [-0.05, 0) is 36.4 Å². The molecule has 0 aliphatic carbocycles. The van der Waals surface area contributed by atoms with Gasteiger partial charge in [-0.15, -0.1) is 0 Å². The first kappa shape index (κ1) is 13.3. The molecule has 7 heteroatoms. The summed E-state index contributed by atoms with van der Waals surface area (Å²) in [4.78, 5) is 26.5. The number of benzene rings is 1. The molecule has 1 aromatic carbocycles. The second kappa shape index (κ2) is 5.70. The first-order valence-corrected chi connectivity index (χ1v) is 5.74. The van der Waals surface area contributed by atoms with Crippen molar-refractivity contribution in [2.75, 3.05) is 16.4 Å². The van der Waals surface area contributed by atoms with Gasteiger partial charge in [0.15, 0.2) is 0 Å². The van der Waals surface area contributed by atoms with Gasteiger partial charge in [-0.2, -0.15) is 0 Å². The van der Waals surface area contributed by atoms with Crippen LogP contribution in [0.2, 0.25) is 0 Å². The smallest absolute Gasteiger partial charge is 0.316 e. The van der Waals surface area contributed by atoms with Crippen LogP contribution in [0.5, 0.6) is 0 Å². The number of nitrogens with two attached hydrogens (primary N) is 2. The number of nitrogens with zero attached hydrogens (tertiary/aromatic N) is 1. The molecule has 0 fully saturated rings. The molecule has 2 rings (SSSR count). The van der Waals surface area contributed by atoms with E-state index in [-0.39, 0.29) is 11.6 Å². The minimum Gasteiger partial charge on any atom is -0.397 e. The Bertz CT molecular complexity index is 622. The normalized spacial score (nSPS) is 9.80. The van der Waals surface area contributed by atoms with Crippen LogP contribution in [-0.2, 0) is 0 Å². The molecule has 6 N–H and O–H groups in total. The maximum absolute atomic E-state index is 11.9. The Kier molecular flexibility index (Phi) is 3.80. The number of anilines is 3. The standard InChI is InChI=1S/C13H13N5O2/c14-8-1-6-11(16-7-8)12(19)17-9-2-4-10(5-3-9)18-13(15)20/h1-7H,14H2,(H,17,19)(H3,15,18,20). The highest BCUT2D eigenvalue weighted by molar-refractivity contribution is 6.03. The first-order valence-electron chi connectivity index (χ1n) is 5.74. The zero-order chi connectivity index (χ0) is 14.5. The van der Waals surface area contributed by atoms with Crippen LogP contribution in [0.1, 0.15) is 10.5 Å². The molecule has 3 amide bonds. The summed E-state index contributed by atoms with van der Waals surface area (Å²) in [6, 6.07) is 9.01. The van der Waals surface area contributed by atoms with E-state index in [4.69, 9.17) is 11.5 Å². The number of urea groups is 1. The SMILES string of the molecule is NC(=O)Nc1ccc(NC(=O)c2ccc(N)cn2)cc1. The van der Waals surface area contributed by atoms with Crippen LogP contribution in [0.25, 0.3) is 0 Å². The van der Waals surface area contributed by atoms with E-state index in [2.05, 4.69) is 15.6 Å². The predicted molar refractivity (Wildman–Crippen MR) is 76.3 cm³/mol. The summed E-state index contributed by atoms with van der Waals surface area (Å²) in [6.07, 6.45) is 1.41. The number of amides is 3. The molecular weight excluding hydrogens is 258 g/mol. The highest BCUT2D eigenvalue weighted by Crippen LogP contribution is 2.14. The van der Waals surface area contributed by atoms with Crippen molar-refractivity contribution in [3.8, 4) is 0 Å². The van der Waals surface area contributed by atoms with Crippen molar-refractivity contribution in [3.05, 3.63) is 48.3 Å². The van der Waals surface area contributed by atoms with Crippen LogP contribution in [0.15, 0.2) is 42.6 Å². The minimum absolute atomic E-state index is 0.263. The number of pyridine rings is 1. The van der Waals surface area contributed by atoms with Gasteiger partial charge >= 0.3 is 6.03 Å². The van der Waals surface area contributed by atoms with Crippen molar-refractivity contribution >= 4 is 29.0 Å². The third-order valence-electron chi connectivity index (χ3n) is 2.43. The lowest BCUT2D eigenvalue weighted by Gasteiger charge is -2.06. The van der Waals surface area contributed by atoms with E-state index < -0.39 is 6.03 Å². The van der Waals surface area contributed by atoms with Crippen LogP contribution < -0.4 is 22.1 Å². The molecule has 20 heavy (non-hydrogen) atoms. The number of nitrogen functional groups attached to an aromatic ring is 1. The van der Waals surface area contributed by atoms with Crippen LogP contribution in [0, 0.1) is 0 Å². The minimum atomic E-state index is -0.646. The second-order valence-electron chi connectivity index (χ2n) is 4.00. The lowest BCUT2D eigenvalue weighted by Crippen LogP contribution is -2.19. The Hall–Kier alpha value is -3.09. The summed E-state index contributed by atoms with van der Waals surface area (Å²) in [7, 11) is 0. The molecule has 0 spiro atoms. The van der Waals surface area contributed by atoms with E-state index in [0.717, 1.165) is 0 Å². The van der Waals surface area contributed by atoms with Crippen molar-refractivity contribution in [1.82, 2.24) is 4.98 Å². The molecular formula is C13H13N5O2. The molecule has 0 unspecified atom stereocenters. The summed E-state index contributed by atoms with van der Waals surface area (Å²) in [5, 5.41) is 5.10. The second-order valence-corrected chi connectivity index (χ2v) is 4.00. The van der Waals surface area contributed by atoms with Gasteiger partial charge in [-0.1, -0.05) is 0 Å². The summed E-state index contributed by atoms with van der Waals surface area (Å²) in [6.45, 7) is 0. The summed E-state index contributed by atoms with van der Waals surface area (Å²) < 4.78 is 0. The van der Waals surface area contributed by atoms with E-state index in [1.54, 1.807) is 30.3 Å². The topological polar surface area (TPSA) is 123 Å². The van der Waals surface area contributed by atoms with Crippen molar-refractivity contribution in [2.45, 2.75) is 0 Å². The van der Waals surface area contributed by atoms with Crippen molar-refractivity contribution < 1.29 is 9.59 Å². The molecule has 0 aliphatic heterocycles. The number of nitrogens with one attached hydrogen (secondary N) is 2. The van der Waals surface area contributed by atoms with Gasteiger partial charge in [-0.25, -0.2) is 9.78 Å². The van der Waals surface area contributed by atoms with Crippen LogP contribution in [0.3, 0.4) is 0 Å². The van der Waals surface area contributed by atoms with Gasteiger partial charge in [0.2, 0.25) is 0 Å². The third kappa shape index (κ3) is 3.45. The monoisotopic (exact) mass is 271 g/mol. The largest absolute Gasteiger partial charge is 0.397 e. The molecule has 0 bridgehead atoms. The van der Waals surface area contributed by atoms with Gasteiger partial charge < -0.3 is 22.1 Å². The van der Waals surface area contributed by atoms with E-state index >= 15 is 0 Å². The van der Waals surface area contributed by atoms with Crippen LogP contribution in [0.4, 0.5) is 21.9 Å². The van der Waals surface area contributed by atoms with Gasteiger partial charge in [-0.3, -0.25) is 4.79 Å². The fourth-order valence-electron chi connectivity index (χ4n) is 1.51.